The number of amides is 1. The Morgan fingerprint density at radius 3 is 2.19 bits per heavy atom. The maximum atomic E-state index is 11.9. The van der Waals surface area contributed by atoms with Crippen LogP contribution in [-0.2, 0) is 9.53 Å². The molecule has 0 aromatic heterocycles. The van der Waals surface area contributed by atoms with Gasteiger partial charge in [0.05, 0.1) is 6.10 Å². The number of ketones is 1. The highest BCUT2D eigenvalue weighted by Crippen LogP contribution is 2.12. The van der Waals surface area contributed by atoms with Crippen molar-refractivity contribution in [3.63, 3.8) is 0 Å². The van der Waals surface area contributed by atoms with Gasteiger partial charge in [0.2, 0.25) is 0 Å². The second kappa shape index (κ2) is 10.6. The molecule has 5 nitrogen and oxygen atoms in total. The minimum Gasteiger partial charge on any atom is -0.447 e. The topological polar surface area (TPSA) is 75.6 Å². The molecule has 0 aromatic carbocycles. The van der Waals surface area contributed by atoms with E-state index in [0.29, 0.717) is 31.1 Å². The first-order chi connectivity index (χ1) is 9.74. The Kier molecular flexibility index (Phi) is 10.0. The highest BCUT2D eigenvalue weighted by atomic mass is 16.6. The Balaban J connectivity index is 4.34. The first-order valence-corrected chi connectivity index (χ1v) is 7.87. The van der Waals surface area contributed by atoms with Crippen LogP contribution in [0, 0.1) is 11.8 Å². The predicted octanol–water partition coefficient (Wildman–Crippen LogP) is 2.90. The molecule has 21 heavy (non-hydrogen) atoms. The standard InChI is InChI=1S/C16H31NO4/c1-6-14(18)10-21-16(20)17-13(7-11(2)3)9-15(19)8-12(4)5/h11-14,18H,6-10H2,1-5H3,(H,17,20). The number of alkyl carbamates (subject to hydrolysis) is 1. The number of carbonyl (C=O) groups excluding carboxylic acids is 2. The number of aliphatic hydroxyl groups excluding tert-OH is 1. The van der Waals surface area contributed by atoms with Crippen LogP contribution in [0.5, 0.6) is 0 Å². The molecule has 5 heteroatoms. The second-order valence-electron chi connectivity index (χ2n) is 6.47. The van der Waals surface area contributed by atoms with E-state index in [1.165, 1.54) is 0 Å². The van der Waals surface area contributed by atoms with E-state index < -0.39 is 12.2 Å². The van der Waals surface area contributed by atoms with Gasteiger partial charge in [0.25, 0.3) is 0 Å². The van der Waals surface area contributed by atoms with Crippen molar-refractivity contribution in [1.82, 2.24) is 5.32 Å². The molecular weight excluding hydrogens is 270 g/mol. The van der Waals surface area contributed by atoms with Crippen molar-refractivity contribution in [2.45, 2.75) is 72.4 Å². The molecule has 2 unspecified atom stereocenters. The van der Waals surface area contributed by atoms with Crippen LogP contribution >= 0.6 is 0 Å². The summed E-state index contributed by atoms with van der Waals surface area (Å²) >= 11 is 0. The smallest absolute Gasteiger partial charge is 0.407 e. The third-order valence-electron chi connectivity index (χ3n) is 3.07. The number of Topliss-reactive ketones (excluding diaryl/α,β-unsaturated/α-hetero) is 1. The summed E-state index contributed by atoms with van der Waals surface area (Å²) in [5, 5.41) is 12.1. The Morgan fingerprint density at radius 1 is 1.10 bits per heavy atom. The summed E-state index contributed by atoms with van der Waals surface area (Å²) in [5.74, 6) is 0.858. The first kappa shape index (κ1) is 19.9. The fourth-order valence-corrected chi connectivity index (χ4v) is 2.07. The van der Waals surface area contributed by atoms with Gasteiger partial charge >= 0.3 is 6.09 Å². The number of aliphatic hydroxyl groups is 1. The van der Waals surface area contributed by atoms with Crippen LogP contribution in [0.4, 0.5) is 4.79 Å². The molecule has 0 aliphatic heterocycles. The van der Waals surface area contributed by atoms with Crippen molar-refractivity contribution < 1.29 is 19.4 Å². The maximum Gasteiger partial charge on any atom is 0.407 e. The summed E-state index contributed by atoms with van der Waals surface area (Å²) in [5.41, 5.74) is 0. The van der Waals surface area contributed by atoms with Crippen molar-refractivity contribution in [1.29, 1.82) is 0 Å². The van der Waals surface area contributed by atoms with Crippen molar-refractivity contribution >= 4 is 11.9 Å². The van der Waals surface area contributed by atoms with Crippen LogP contribution in [0.15, 0.2) is 0 Å². The molecule has 0 rings (SSSR count). The normalized spacial score (nSPS) is 14.1. The highest BCUT2D eigenvalue weighted by Gasteiger charge is 2.19. The largest absolute Gasteiger partial charge is 0.447 e. The van der Waals surface area contributed by atoms with Gasteiger partial charge in [0.1, 0.15) is 12.4 Å². The van der Waals surface area contributed by atoms with Gasteiger partial charge in [-0.1, -0.05) is 34.6 Å². The third kappa shape index (κ3) is 11.3. The Morgan fingerprint density at radius 2 is 1.71 bits per heavy atom. The summed E-state index contributed by atoms with van der Waals surface area (Å²) in [6.07, 6.45) is 0.930. The van der Waals surface area contributed by atoms with Crippen LogP contribution in [-0.4, -0.2) is 35.7 Å². The number of carbonyl (C=O) groups is 2. The number of hydrogen-bond acceptors (Lipinski definition) is 4. The molecule has 0 bridgehead atoms. The zero-order chi connectivity index (χ0) is 16.4. The highest BCUT2D eigenvalue weighted by molar-refractivity contribution is 5.80. The lowest BCUT2D eigenvalue weighted by atomic mass is 9.96. The summed E-state index contributed by atoms with van der Waals surface area (Å²) < 4.78 is 4.96. The van der Waals surface area contributed by atoms with Crippen molar-refractivity contribution in [3.05, 3.63) is 0 Å². The monoisotopic (exact) mass is 301 g/mol. The molecule has 1 amide bonds. The van der Waals surface area contributed by atoms with Crippen LogP contribution < -0.4 is 5.32 Å². The quantitative estimate of drug-likeness (QED) is 0.650. The van der Waals surface area contributed by atoms with Crippen LogP contribution in [0.25, 0.3) is 0 Å². The van der Waals surface area contributed by atoms with Gasteiger partial charge in [-0.3, -0.25) is 4.79 Å². The number of nitrogens with one attached hydrogen (secondary N) is 1. The molecule has 0 aliphatic rings. The average molecular weight is 301 g/mol. The number of ether oxygens (including phenoxy) is 1. The van der Waals surface area contributed by atoms with E-state index in [9.17, 15) is 14.7 Å². The predicted molar refractivity (Wildman–Crippen MR) is 83.1 cm³/mol. The molecule has 2 N–H and O–H groups in total. The molecule has 0 aromatic rings. The fourth-order valence-electron chi connectivity index (χ4n) is 2.07. The third-order valence-corrected chi connectivity index (χ3v) is 3.07. The number of rotatable bonds is 10. The van der Waals surface area contributed by atoms with Gasteiger partial charge in [0, 0.05) is 18.9 Å². The van der Waals surface area contributed by atoms with E-state index >= 15 is 0 Å². The molecule has 124 valence electrons. The molecule has 0 saturated carbocycles. The molecule has 0 heterocycles. The lowest BCUT2D eigenvalue weighted by Crippen LogP contribution is -2.39. The number of hydrogen-bond donors (Lipinski definition) is 2. The molecular formula is C16H31NO4. The minimum atomic E-state index is -0.637. The maximum absolute atomic E-state index is 11.9. The molecule has 0 radical (unpaired) electrons. The average Bonchev–Trinajstić information content (AvgIpc) is 2.33. The summed E-state index contributed by atoms with van der Waals surface area (Å²) in [6.45, 7) is 9.91. The second-order valence-corrected chi connectivity index (χ2v) is 6.47. The van der Waals surface area contributed by atoms with Crippen LogP contribution in [0.2, 0.25) is 0 Å². The fraction of sp³-hybridized carbons (Fsp3) is 0.875. The van der Waals surface area contributed by atoms with E-state index in [4.69, 9.17) is 4.74 Å². The summed E-state index contributed by atoms with van der Waals surface area (Å²) in [4.78, 5) is 23.6. The Hall–Kier alpha value is -1.10. The van der Waals surface area contributed by atoms with Gasteiger partial charge < -0.3 is 15.2 Å². The van der Waals surface area contributed by atoms with E-state index in [2.05, 4.69) is 5.32 Å². The van der Waals surface area contributed by atoms with Crippen molar-refractivity contribution in [2.24, 2.45) is 11.8 Å². The molecule has 0 spiro atoms. The minimum absolute atomic E-state index is 0.0172. The SMILES string of the molecule is CCC(O)COC(=O)NC(CC(=O)CC(C)C)CC(C)C. The van der Waals surface area contributed by atoms with Crippen LogP contribution in [0.1, 0.15) is 60.3 Å². The zero-order valence-corrected chi connectivity index (χ0v) is 14.0. The summed E-state index contributed by atoms with van der Waals surface area (Å²) in [7, 11) is 0. The van der Waals surface area contributed by atoms with Gasteiger partial charge in [-0.05, 0) is 24.7 Å². The van der Waals surface area contributed by atoms with E-state index in [1.807, 2.05) is 34.6 Å². The van der Waals surface area contributed by atoms with Gasteiger partial charge in [-0.15, -0.1) is 0 Å². The van der Waals surface area contributed by atoms with Crippen molar-refractivity contribution in [2.75, 3.05) is 6.61 Å². The van der Waals surface area contributed by atoms with Gasteiger partial charge in [0.15, 0.2) is 0 Å². The van der Waals surface area contributed by atoms with Gasteiger partial charge in [-0.2, -0.15) is 0 Å². The molecule has 0 aliphatic carbocycles. The summed E-state index contributed by atoms with van der Waals surface area (Å²) in [6, 6.07) is -0.206. The lowest BCUT2D eigenvalue weighted by Gasteiger charge is -2.20. The first-order valence-electron chi connectivity index (χ1n) is 7.87. The van der Waals surface area contributed by atoms with E-state index in [1.54, 1.807) is 0 Å². The van der Waals surface area contributed by atoms with Crippen molar-refractivity contribution in [3.8, 4) is 0 Å². The van der Waals surface area contributed by atoms with Crippen LogP contribution in [0.3, 0.4) is 0 Å². The van der Waals surface area contributed by atoms with E-state index in [-0.39, 0.29) is 18.4 Å². The molecule has 2 atom stereocenters. The Bertz CT molecular complexity index is 315. The molecule has 0 fully saturated rings. The van der Waals surface area contributed by atoms with Gasteiger partial charge in [-0.25, -0.2) is 4.79 Å². The lowest BCUT2D eigenvalue weighted by molar-refractivity contribution is -0.120. The zero-order valence-electron chi connectivity index (χ0n) is 14.0. The van der Waals surface area contributed by atoms with E-state index in [0.717, 1.165) is 6.42 Å². The Labute approximate surface area is 128 Å². The molecule has 0 saturated heterocycles.